The summed E-state index contributed by atoms with van der Waals surface area (Å²) in [5, 5.41) is 7.67. The summed E-state index contributed by atoms with van der Waals surface area (Å²) in [4.78, 5) is 49.4. The minimum absolute atomic E-state index is 0.0611. The Balaban J connectivity index is 1.94. The van der Waals surface area contributed by atoms with Gasteiger partial charge in [0.15, 0.2) is 10.9 Å². The minimum Gasteiger partial charge on any atom is -0.466 e. The fraction of sp³-hybridized carbons (Fsp3) is 0.409. The molecule has 31 heavy (non-hydrogen) atoms. The molecule has 0 aliphatic carbocycles. The molecule has 0 radical (unpaired) electrons. The van der Waals surface area contributed by atoms with Crippen LogP contribution in [-0.4, -0.2) is 61.4 Å². The Hall–Kier alpha value is -3.33. The van der Waals surface area contributed by atoms with E-state index in [4.69, 9.17) is 4.74 Å². The summed E-state index contributed by atoms with van der Waals surface area (Å²) in [6, 6.07) is 3.49. The van der Waals surface area contributed by atoms with Gasteiger partial charge in [0.2, 0.25) is 0 Å². The van der Waals surface area contributed by atoms with Crippen molar-refractivity contribution in [2.75, 3.05) is 40.3 Å². The molecule has 0 bridgehead atoms. The van der Waals surface area contributed by atoms with E-state index in [0.717, 1.165) is 13.0 Å². The van der Waals surface area contributed by atoms with E-state index in [9.17, 15) is 14.4 Å². The molecule has 1 aliphatic heterocycles. The number of carbonyl (C=O) groups is 1. The standard InChI is InChI=1S/C22H25N5O4/c1-27(2)7-6-23-16-3-4-17(24-10-13-5-8-31-18(28)9-13)20-19(16)21(29)14-11-25-26-12-15(14)22(20)30/h3-4,11-13,25-26H,5-10H2,1-2H3. The molecule has 1 fully saturated rings. The Morgan fingerprint density at radius 3 is 2.19 bits per heavy atom. The second-order valence-electron chi connectivity index (χ2n) is 8.02. The topological polar surface area (TPSA) is 120 Å². The second-order valence-corrected chi connectivity index (χ2v) is 8.02. The van der Waals surface area contributed by atoms with Crippen LogP contribution in [0.2, 0.25) is 0 Å². The number of benzene rings is 2. The molecule has 1 saturated heterocycles. The summed E-state index contributed by atoms with van der Waals surface area (Å²) in [5.74, 6) is -0.165. The van der Waals surface area contributed by atoms with Gasteiger partial charge in [0, 0.05) is 25.5 Å². The van der Waals surface area contributed by atoms with E-state index in [-0.39, 0.29) is 28.1 Å². The highest BCUT2D eigenvalue weighted by Crippen LogP contribution is 2.15. The largest absolute Gasteiger partial charge is 0.466 e. The number of fused-ring (bicyclic) bond motifs is 2. The molecule has 162 valence electrons. The lowest BCUT2D eigenvalue weighted by molar-refractivity contribution is -0.148. The number of likely N-dealkylation sites (N-methyl/N-ethyl adjacent to an activating group) is 1. The van der Waals surface area contributed by atoms with Crippen LogP contribution in [-0.2, 0) is 9.53 Å². The molecule has 9 nitrogen and oxygen atoms in total. The number of H-pyrrole nitrogens is 2. The second kappa shape index (κ2) is 8.81. The van der Waals surface area contributed by atoms with Gasteiger partial charge < -0.3 is 19.8 Å². The van der Waals surface area contributed by atoms with Crippen LogP contribution in [0.5, 0.6) is 0 Å². The SMILES string of the molecule is CN(C)CCN=c1ccc(=NCC2CCOC(=O)C2)c2c(=O)c3c[nH][nH]cc3c(=O)c12. The van der Waals surface area contributed by atoms with Crippen LogP contribution in [0.1, 0.15) is 12.8 Å². The predicted molar refractivity (Wildman–Crippen MR) is 117 cm³/mol. The summed E-state index contributed by atoms with van der Waals surface area (Å²) < 4.78 is 4.99. The molecular weight excluding hydrogens is 398 g/mol. The molecule has 2 N–H and O–H groups in total. The molecule has 0 amide bonds. The van der Waals surface area contributed by atoms with Gasteiger partial charge in [-0.25, -0.2) is 0 Å². The number of ether oxygens (including phenoxy) is 1. The zero-order valence-electron chi connectivity index (χ0n) is 17.6. The van der Waals surface area contributed by atoms with Gasteiger partial charge in [0.25, 0.3) is 0 Å². The van der Waals surface area contributed by atoms with Crippen molar-refractivity contribution in [3.63, 3.8) is 0 Å². The van der Waals surface area contributed by atoms with Crippen LogP contribution in [0.4, 0.5) is 0 Å². The van der Waals surface area contributed by atoms with Crippen molar-refractivity contribution in [2.24, 2.45) is 15.9 Å². The molecule has 2 heterocycles. The zero-order chi connectivity index (χ0) is 22.0. The lowest BCUT2D eigenvalue weighted by atomic mass is 10.00. The number of nitrogens with one attached hydrogen (secondary N) is 2. The molecule has 1 aromatic heterocycles. The molecule has 0 spiro atoms. The Morgan fingerprint density at radius 1 is 1.00 bits per heavy atom. The minimum atomic E-state index is -0.263. The predicted octanol–water partition coefficient (Wildman–Crippen LogP) is 0.124. The van der Waals surface area contributed by atoms with Gasteiger partial charge in [-0.15, -0.1) is 0 Å². The Morgan fingerprint density at radius 2 is 1.61 bits per heavy atom. The van der Waals surface area contributed by atoms with Crippen molar-refractivity contribution < 1.29 is 9.53 Å². The number of aromatic nitrogens is 2. The van der Waals surface area contributed by atoms with Crippen LogP contribution in [0, 0.1) is 5.92 Å². The molecule has 3 aromatic rings. The maximum absolute atomic E-state index is 13.3. The van der Waals surface area contributed by atoms with Crippen LogP contribution >= 0.6 is 0 Å². The Kier molecular flexibility index (Phi) is 5.94. The Labute approximate surface area is 177 Å². The van der Waals surface area contributed by atoms with Crippen molar-refractivity contribution >= 4 is 27.5 Å². The van der Waals surface area contributed by atoms with E-state index in [1.165, 1.54) is 12.4 Å². The lowest BCUT2D eigenvalue weighted by Gasteiger charge is -2.19. The number of cyclic esters (lactones) is 1. The quantitative estimate of drug-likeness (QED) is 0.446. The highest BCUT2D eigenvalue weighted by atomic mass is 16.5. The summed E-state index contributed by atoms with van der Waals surface area (Å²) >= 11 is 0. The van der Waals surface area contributed by atoms with E-state index >= 15 is 0 Å². The first-order valence-electron chi connectivity index (χ1n) is 10.3. The first-order valence-corrected chi connectivity index (χ1v) is 10.3. The summed E-state index contributed by atoms with van der Waals surface area (Å²) in [6.45, 7) is 2.00. The molecular formula is C22H25N5O4. The van der Waals surface area contributed by atoms with E-state index in [0.29, 0.717) is 53.0 Å². The summed E-state index contributed by atoms with van der Waals surface area (Å²) in [5.41, 5.74) is -0.516. The van der Waals surface area contributed by atoms with Gasteiger partial charge in [-0.2, -0.15) is 0 Å². The third-order valence-electron chi connectivity index (χ3n) is 5.50. The van der Waals surface area contributed by atoms with E-state index < -0.39 is 0 Å². The van der Waals surface area contributed by atoms with Gasteiger partial charge in [-0.05, 0) is 38.6 Å². The zero-order valence-corrected chi connectivity index (χ0v) is 17.6. The average Bonchev–Trinajstić information content (AvgIpc) is 2.76. The molecule has 1 atom stereocenters. The maximum Gasteiger partial charge on any atom is 0.306 e. The highest BCUT2D eigenvalue weighted by molar-refractivity contribution is 5.96. The first-order chi connectivity index (χ1) is 15.0. The van der Waals surface area contributed by atoms with E-state index in [1.807, 2.05) is 19.0 Å². The van der Waals surface area contributed by atoms with Gasteiger partial charge in [-0.3, -0.25) is 24.4 Å². The highest BCUT2D eigenvalue weighted by Gasteiger charge is 2.20. The summed E-state index contributed by atoms with van der Waals surface area (Å²) in [7, 11) is 3.90. The van der Waals surface area contributed by atoms with Crippen molar-refractivity contribution in [2.45, 2.75) is 12.8 Å². The molecule has 4 rings (SSSR count). The molecule has 1 unspecified atom stereocenters. The monoisotopic (exact) mass is 423 g/mol. The third kappa shape index (κ3) is 4.27. The number of nitrogens with zero attached hydrogens (tertiary/aromatic N) is 3. The number of esters is 1. The van der Waals surface area contributed by atoms with Crippen LogP contribution in [0.25, 0.3) is 21.5 Å². The van der Waals surface area contributed by atoms with Crippen molar-refractivity contribution in [3.05, 3.63) is 55.7 Å². The number of aromatic amines is 2. The Bertz CT molecular complexity index is 1370. The molecule has 1 aliphatic rings. The maximum atomic E-state index is 13.3. The first kappa shape index (κ1) is 20.9. The normalized spacial score (nSPS) is 18.3. The number of hydrogen-bond acceptors (Lipinski definition) is 7. The van der Waals surface area contributed by atoms with Crippen LogP contribution < -0.4 is 21.6 Å². The van der Waals surface area contributed by atoms with E-state index in [1.54, 1.807) is 12.1 Å². The molecule has 0 saturated carbocycles. The fourth-order valence-electron chi connectivity index (χ4n) is 3.82. The lowest BCUT2D eigenvalue weighted by Crippen LogP contribution is -2.28. The van der Waals surface area contributed by atoms with Crippen LogP contribution in [0.15, 0.2) is 44.1 Å². The van der Waals surface area contributed by atoms with Crippen molar-refractivity contribution in [1.29, 1.82) is 0 Å². The number of rotatable bonds is 5. The number of carbonyl (C=O) groups excluding carboxylic acids is 1. The van der Waals surface area contributed by atoms with Gasteiger partial charge in [0.1, 0.15) is 0 Å². The van der Waals surface area contributed by atoms with E-state index in [2.05, 4.69) is 20.2 Å². The molecule has 2 aromatic carbocycles. The van der Waals surface area contributed by atoms with Crippen molar-refractivity contribution in [3.8, 4) is 0 Å². The summed E-state index contributed by atoms with van der Waals surface area (Å²) in [6.07, 6.45) is 4.04. The smallest absolute Gasteiger partial charge is 0.306 e. The molecule has 9 heteroatoms. The van der Waals surface area contributed by atoms with Gasteiger partial charge >= 0.3 is 5.97 Å². The average molecular weight is 423 g/mol. The van der Waals surface area contributed by atoms with Crippen LogP contribution in [0.3, 0.4) is 0 Å². The van der Waals surface area contributed by atoms with Gasteiger partial charge in [-0.1, -0.05) is 0 Å². The third-order valence-corrected chi connectivity index (χ3v) is 5.50. The van der Waals surface area contributed by atoms with Crippen molar-refractivity contribution in [1.82, 2.24) is 15.1 Å². The number of hydrogen-bond donors (Lipinski definition) is 2. The van der Waals surface area contributed by atoms with Gasteiger partial charge in [0.05, 0.1) is 51.8 Å². The fourth-order valence-corrected chi connectivity index (χ4v) is 3.82.